The highest BCUT2D eigenvalue weighted by atomic mass is 32.1. The van der Waals surface area contributed by atoms with Crippen LogP contribution in [0.1, 0.15) is 31.8 Å². The number of hydrogen-bond donors (Lipinski definition) is 1. The van der Waals surface area contributed by atoms with Gasteiger partial charge in [0.2, 0.25) is 0 Å². The van der Waals surface area contributed by atoms with Crippen LogP contribution >= 0.6 is 11.3 Å². The lowest BCUT2D eigenvalue weighted by molar-refractivity contribution is -0.0898. The number of thiophene rings is 1. The van der Waals surface area contributed by atoms with Crippen molar-refractivity contribution in [2.45, 2.75) is 38.6 Å². The number of rotatable bonds is 2. The Balaban J connectivity index is 1.96. The molecule has 1 aliphatic rings. The van der Waals surface area contributed by atoms with Crippen LogP contribution in [0.2, 0.25) is 0 Å². The highest BCUT2D eigenvalue weighted by molar-refractivity contribution is 7.10. The van der Waals surface area contributed by atoms with Crippen molar-refractivity contribution in [2.24, 2.45) is 0 Å². The predicted octanol–water partition coefficient (Wildman–Crippen LogP) is 2.42. The molecule has 2 atom stereocenters. The summed E-state index contributed by atoms with van der Waals surface area (Å²) in [4.78, 5) is 14.5. The molecule has 1 saturated heterocycles. The van der Waals surface area contributed by atoms with Crippen LogP contribution in [0.4, 0.5) is 4.79 Å². The number of aliphatic hydroxyl groups excluding tert-OH is 1. The summed E-state index contributed by atoms with van der Waals surface area (Å²) < 4.78 is 10.9. The zero-order valence-corrected chi connectivity index (χ0v) is 12.9. The van der Waals surface area contributed by atoms with Crippen molar-refractivity contribution >= 4 is 17.4 Å². The van der Waals surface area contributed by atoms with Crippen molar-refractivity contribution in [1.29, 1.82) is 0 Å². The lowest BCUT2D eigenvalue weighted by atomic mass is 10.1. The molecule has 0 spiro atoms. The zero-order valence-electron chi connectivity index (χ0n) is 12.0. The van der Waals surface area contributed by atoms with Gasteiger partial charge in [-0.1, -0.05) is 6.07 Å². The summed E-state index contributed by atoms with van der Waals surface area (Å²) in [5.74, 6) is 0. The summed E-state index contributed by atoms with van der Waals surface area (Å²) in [6, 6.07) is 3.75. The van der Waals surface area contributed by atoms with Crippen molar-refractivity contribution in [2.75, 3.05) is 19.7 Å². The van der Waals surface area contributed by atoms with Gasteiger partial charge in [-0.15, -0.1) is 11.3 Å². The molecule has 0 aromatic carbocycles. The molecule has 1 aromatic rings. The molecule has 6 heteroatoms. The number of morpholine rings is 1. The smallest absolute Gasteiger partial charge is 0.410 e. The van der Waals surface area contributed by atoms with Gasteiger partial charge in [0, 0.05) is 11.4 Å². The van der Waals surface area contributed by atoms with Crippen molar-refractivity contribution in [3.05, 3.63) is 22.4 Å². The summed E-state index contributed by atoms with van der Waals surface area (Å²) in [7, 11) is 0. The number of aliphatic hydroxyl groups is 1. The molecule has 112 valence electrons. The Morgan fingerprint density at radius 3 is 2.95 bits per heavy atom. The summed E-state index contributed by atoms with van der Waals surface area (Å²) in [5.41, 5.74) is -0.517. The maximum Gasteiger partial charge on any atom is 0.410 e. The van der Waals surface area contributed by atoms with Crippen LogP contribution in [0.3, 0.4) is 0 Å². The van der Waals surface area contributed by atoms with E-state index in [0.717, 1.165) is 4.88 Å². The molecule has 0 bridgehead atoms. The number of carbonyl (C=O) groups excluding carboxylic acids is 1. The van der Waals surface area contributed by atoms with Gasteiger partial charge < -0.3 is 19.5 Å². The maximum atomic E-state index is 12.0. The van der Waals surface area contributed by atoms with Crippen LogP contribution in [0.15, 0.2) is 17.5 Å². The molecule has 1 aliphatic heterocycles. The van der Waals surface area contributed by atoms with Crippen LogP contribution in [0.5, 0.6) is 0 Å². The molecule has 1 N–H and O–H groups in total. The first-order valence-electron chi connectivity index (χ1n) is 6.68. The van der Waals surface area contributed by atoms with E-state index in [0.29, 0.717) is 19.7 Å². The van der Waals surface area contributed by atoms with Crippen LogP contribution < -0.4 is 0 Å². The number of carbonyl (C=O) groups is 1. The molecule has 0 aliphatic carbocycles. The Hall–Kier alpha value is -1.11. The molecule has 2 heterocycles. The number of amides is 1. The van der Waals surface area contributed by atoms with E-state index in [4.69, 9.17) is 9.47 Å². The van der Waals surface area contributed by atoms with Crippen molar-refractivity contribution in [3.8, 4) is 0 Å². The average Bonchev–Trinajstić information content (AvgIpc) is 2.90. The maximum absolute atomic E-state index is 12.0. The molecule has 2 unspecified atom stereocenters. The van der Waals surface area contributed by atoms with Crippen LogP contribution in [0, 0.1) is 0 Å². The standard InChI is InChI=1S/C14H21NO4S/c1-14(2,3)19-13(17)15-6-7-18-10(9-15)12(16)11-5-4-8-20-11/h4-5,8,10,12,16H,6-7,9H2,1-3H3. The van der Waals surface area contributed by atoms with Crippen LogP contribution in [-0.2, 0) is 9.47 Å². The van der Waals surface area contributed by atoms with Gasteiger partial charge in [-0.25, -0.2) is 4.79 Å². The highest BCUT2D eigenvalue weighted by Crippen LogP contribution is 2.26. The third kappa shape index (κ3) is 3.94. The molecular formula is C14H21NO4S. The van der Waals surface area contributed by atoms with E-state index >= 15 is 0 Å². The molecule has 1 fully saturated rings. The Kier molecular flexibility index (Phi) is 4.67. The van der Waals surface area contributed by atoms with E-state index in [1.807, 2.05) is 38.3 Å². The van der Waals surface area contributed by atoms with Gasteiger partial charge in [-0.05, 0) is 32.2 Å². The van der Waals surface area contributed by atoms with Gasteiger partial charge in [0.05, 0.1) is 13.2 Å². The van der Waals surface area contributed by atoms with Gasteiger partial charge in [0.15, 0.2) is 0 Å². The number of nitrogens with zero attached hydrogens (tertiary/aromatic N) is 1. The van der Waals surface area contributed by atoms with E-state index in [9.17, 15) is 9.90 Å². The quantitative estimate of drug-likeness (QED) is 0.911. The Labute approximate surface area is 123 Å². The zero-order chi connectivity index (χ0) is 14.8. The van der Waals surface area contributed by atoms with Crippen molar-refractivity contribution in [3.63, 3.8) is 0 Å². The first-order chi connectivity index (χ1) is 9.37. The monoisotopic (exact) mass is 299 g/mol. The molecule has 1 amide bonds. The van der Waals surface area contributed by atoms with Crippen LogP contribution in [0.25, 0.3) is 0 Å². The first kappa shape index (κ1) is 15.3. The molecule has 0 radical (unpaired) electrons. The van der Waals surface area contributed by atoms with Gasteiger partial charge in [-0.3, -0.25) is 0 Å². The lowest BCUT2D eigenvalue weighted by Crippen LogP contribution is -2.49. The third-order valence-electron chi connectivity index (χ3n) is 2.93. The second kappa shape index (κ2) is 6.11. The topological polar surface area (TPSA) is 59.0 Å². The van der Waals surface area contributed by atoms with Crippen molar-refractivity contribution < 1.29 is 19.4 Å². The van der Waals surface area contributed by atoms with Crippen molar-refractivity contribution in [1.82, 2.24) is 4.90 Å². The summed E-state index contributed by atoms with van der Waals surface area (Å²) in [6.07, 6.45) is -1.47. The Bertz CT molecular complexity index is 441. The SMILES string of the molecule is CC(C)(C)OC(=O)N1CCOC(C(O)c2cccs2)C1. The van der Waals surface area contributed by atoms with E-state index < -0.39 is 17.8 Å². The van der Waals surface area contributed by atoms with E-state index in [-0.39, 0.29) is 6.09 Å². The molecule has 0 saturated carbocycles. The minimum Gasteiger partial charge on any atom is -0.444 e. The average molecular weight is 299 g/mol. The fourth-order valence-electron chi connectivity index (χ4n) is 2.00. The normalized spacial score (nSPS) is 21.6. The Morgan fingerprint density at radius 2 is 2.35 bits per heavy atom. The van der Waals surface area contributed by atoms with Gasteiger partial charge in [0.1, 0.15) is 17.8 Å². The highest BCUT2D eigenvalue weighted by Gasteiger charge is 2.32. The second-order valence-corrected chi connectivity index (χ2v) is 6.78. The van der Waals surface area contributed by atoms with E-state index in [2.05, 4.69) is 0 Å². The van der Waals surface area contributed by atoms with Gasteiger partial charge >= 0.3 is 6.09 Å². The summed E-state index contributed by atoms with van der Waals surface area (Å²) >= 11 is 1.48. The van der Waals surface area contributed by atoms with Gasteiger partial charge in [0.25, 0.3) is 0 Å². The van der Waals surface area contributed by atoms with Gasteiger partial charge in [-0.2, -0.15) is 0 Å². The first-order valence-corrected chi connectivity index (χ1v) is 7.56. The fraction of sp³-hybridized carbons (Fsp3) is 0.643. The number of hydrogen-bond acceptors (Lipinski definition) is 5. The Morgan fingerprint density at radius 1 is 1.60 bits per heavy atom. The van der Waals surface area contributed by atoms with E-state index in [1.54, 1.807) is 4.90 Å². The minimum atomic E-state index is -0.708. The van der Waals surface area contributed by atoms with Crippen LogP contribution in [-0.4, -0.2) is 47.5 Å². The fourth-order valence-corrected chi connectivity index (χ4v) is 2.76. The third-order valence-corrected chi connectivity index (χ3v) is 3.87. The molecule has 1 aromatic heterocycles. The molecule has 20 heavy (non-hydrogen) atoms. The van der Waals surface area contributed by atoms with E-state index in [1.165, 1.54) is 11.3 Å². The second-order valence-electron chi connectivity index (χ2n) is 5.80. The number of ether oxygens (including phenoxy) is 2. The summed E-state index contributed by atoms with van der Waals surface area (Å²) in [6.45, 7) is 6.75. The summed E-state index contributed by atoms with van der Waals surface area (Å²) in [5, 5.41) is 12.2. The lowest BCUT2D eigenvalue weighted by Gasteiger charge is -2.35. The molecule has 5 nitrogen and oxygen atoms in total. The largest absolute Gasteiger partial charge is 0.444 e. The predicted molar refractivity (Wildman–Crippen MR) is 76.8 cm³/mol. The molecular weight excluding hydrogens is 278 g/mol. The minimum absolute atomic E-state index is 0.341. The molecule has 2 rings (SSSR count).